The Kier molecular flexibility index (Phi) is 6.28. The molecular formula is C21H19O4S-. The molecule has 0 aliphatic rings. The van der Waals surface area contributed by atoms with Crippen LogP contribution in [0.25, 0.3) is 0 Å². The highest BCUT2D eigenvalue weighted by Crippen LogP contribution is 2.28. The topological polar surface area (TPSA) is 58.6 Å². The van der Waals surface area contributed by atoms with Crippen molar-refractivity contribution in [3.05, 3.63) is 82.6 Å². The van der Waals surface area contributed by atoms with Crippen molar-refractivity contribution >= 4 is 17.3 Å². The van der Waals surface area contributed by atoms with Gasteiger partial charge in [-0.1, -0.05) is 36.4 Å². The molecule has 0 fully saturated rings. The fourth-order valence-corrected chi connectivity index (χ4v) is 3.21. The van der Waals surface area contributed by atoms with Gasteiger partial charge in [-0.15, -0.1) is 0 Å². The van der Waals surface area contributed by atoms with E-state index in [1.165, 1.54) is 0 Å². The zero-order valence-electron chi connectivity index (χ0n) is 14.2. The van der Waals surface area contributed by atoms with Gasteiger partial charge >= 0.3 is 0 Å². The monoisotopic (exact) mass is 367 g/mol. The SMILES string of the molecule is O=C([O-])CCC(Oc1cccc(OCc2ccsc2)c1)c1ccccc1. The normalized spacial score (nSPS) is 11.7. The van der Waals surface area contributed by atoms with Gasteiger partial charge in [0.25, 0.3) is 0 Å². The van der Waals surface area contributed by atoms with Crippen molar-refractivity contribution in [3.63, 3.8) is 0 Å². The van der Waals surface area contributed by atoms with E-state index in [9.17, 15) is 9.90 Å². The van der Waals surface area contributed by atoms with Crippen molar-refractivity contribution in [2.24, 2.45) is 0 Å². The van der Waals surface area contributed by atoms with Gasteiger partial charge in [0.2, 0.25) is 0 Å². The second-order valence-electron chi connectivity index (χ2n) is 5.82. The maximum absolute atomic E-state index is 10.9. The fraction of sp³-hybridized carbons (Fsp3) is 0.190. The number of carboxylic acid groups (broad SMARTS) is 1. The second kappa shape index (κ2) is 9.06. The van der Waals surface area contributed by atoms with Gasteiger partial charge in [-0.05, 0) is 52.9 Å². The number of hydrogen-bond donors (Lipinski definition) is 0. The van der Waals surface area contributed by atoms with Gasteiger partial charge in [-0.25, -0.2) is 0 Å². The van der Waals surface area contributed by atoms with Crippen molar-refractivity contribution in [1.82, 2.24) is 0 Å². The third-order valence-corrected chi connectivity index (χ3v) is 4.58. The predicted octanol–water partition coefficient (Wildman–Crippen LogP) is 3.98. The van der Waals surface area contributed by atoms with E-state index in [2.05, 4.69) is 0 Å². The minimum Gasteiger partial charge on any atom is -0.550 e. The molecule has 0 saturated carbocycles. The van der Waals surface area contributed by atoms with E-state index in [0.717, 1.165) is 11.1 Å². The third kappa shape index (κ3) is 5.36. The number of benzene rings is 2. The van der Waals surface area contributed by atoms with Crippen molar-refractivity contribution in [1.29, 1.82) is 0 Å². The van der Waals surface area contributed by atoms with Gasteiger partial charge in [0.1, 0.15) is 24.2 Å². The fourth-order valence-electron chi connectivity index (χ4n) is 2.55. The van der Waals surface area contributed by atoms with Crippen molar-refractivity contribution in [2.45, 2.75) is 25.6 Å². The van der Waals surface area contributed by atoms with Crippen LogP contribution in [-0.4, -0.2) is 5.97 Å². The number of carbonyl (C=O) groups is 1. The number of rotatable bonds is 9. The molecule has 1 atom stereocenters. The molecular weight excluding hydrogens is 348 g/mol. The van der Waals surface area contributed by atoms with Gasteiger partial charge in [0.05, 0.1) is 0 Å². The smallest absolute Gasteiger partial charge is 0.124 e. The Labute approximate surface area is 156 Å². The lowest BCUT2D eigenvalue weighted by Gasteiger charge is -2.20. The molecule has 134 valence electrons. The summed E-state index contributed by atoms with van der Waals surface area (Å²) in [6.07, 6.45) is -0.0820. The van der Waals surface area contributed by atoms with Gasteiger partial charge in [-0.2, -0.15) is 11.3 Å². The number of carbonyl (C=O) groups excluding carboxylic acids is 1. The summed E-state index contributed by atoms with van der Waals surface area (Å²) >= 11 is 1.63. The summed E-state index contributed by atoms with van der Waals surface area (Å²) in [5, 5.41) is 14.9. The van der Waals surface area contributed by atoms with Crippen LogP contribution in [0.5, 0.6) is 11.5 Å². The van der Waals surface area contributed by atoms with Crippen LogP contribution in [-0.2, 0) is 11.4 Å². The van der Waals surface area contributed by atoms with Crippen molar-refractivity contribution in [3.8, 4) is 11.5 Å². The quantitative estimate of drug-likeness (QED) is 0.574. The van der Waals surface area contributed by atoms with Crippen LogP contribution in [0.3, 0.4) is 0 Å². The van der Waals surface area contributed by atoms with E-state index >= 15 is 0 Å². The molecule has 3 aromatic rings. The van der Waals surface area contributed by atoms with E-state index in [1.54, 1.807) is 11.3 Å². The minimum atomic E-state index is -1.08. The number of thiophene rings is 1. The number of hydrogen-bond acceptors (Lipinski definition) is 5. The van der Waals surface area contributed by atoms with Crippen LogP contribution in [0.1, 0.15) is 30.1 Å². The maximum Gasteiger partial charge on any atom is 0.124 e. The lowest BCUT2D eigenvalue weighted by molar-refractivity contribution is -0.306. The van der Waals surface area contributed by atoms with Gasteiger partial charge in [-0.3, -0.25) is 0 Å². The van der Waals surface area contributed by atoms with Crippen LogP contribution in [0.15, 0.2) is 71.4 Å². The molecule has 1 unspecified atom stereocenters. The Bertz CT molecular complexity index is 815. The van der Waals surface area contributed by atoms with E-state index in [0.29, 0.717) is 24.5 Å². The van der Waals surface area contributed by atoms with E-state index in [4.69, 9.17) is 9.47 Å². The van der Waals surface area contributed by atoms with Crippen LogP contribution in [0.4, 0.5) is 0 Å². The first-order valence-corrected chi connectivity index (χ1v) is 9.30. The number of carboxylic acids is 1. The molecule has 2 aromatic carbocycles. The summed E-state index contributed by atoms with van der Waals surface area (Å²) in [5.74, 6) is 0.266. The second-order valence-corrected chi connectivity index (χ2v) is 6.60. The molecule has 0 saturated heterocycles. The van der Waals surface area contributed by atoms with Gasteiger partial charge in [0.15, 0.2) is 0 Å². The summed E-state index contributed by atoms with van der Waals surface area (Å²) in [6, 6.07) is 19.0. The summed E-state index contributed by atoms with van der Waals surface area (Å²) < 4.78 is 11.9. The molecule has 0 spiro atoms. The summed E-state index contributed by atoms with van der Waals surface area (Å²) in [7, 11) is 0. The Morgan fingerprint density at radius 2 is 1.85 bits per heavy atom. The van der Waals surface area contributed by atoms with Crippen LogP contribution >= 0.6 is 11.3 Å². The lowest BCUT2D eigenvalue weighted by atomic mass is 10.0. The molecule has 0 bridgehead atoms. The highest BCUT2D eigenvalue weighted by molar-refractivity contribution is 7.07. The van der Waals surface area contributed by atoms with Crippen molar-refractivity contribution < 1.29 is 19.4 Å². The number of ether oxygens (including phenoxy) is 2. The third-order valence-electron chi connectivity index (χ3n) is 3.85. The van der Waals surface area contributed by atoms with Crippen molar-refractivity contribution in [2.75, 3.05) is 0 Å². The summed E-state index contributed by atoms with van der Waals surface area (Å²) in [4.78, 5) is 10.9. The summed E-state index contributed by atoms with van der Waals surface area (Å²) in [6.45, 7) is 0.500. The Morgan fingerprint density at radius 3 is 2.58 bits per heavy atom. The van der Waals surface area contributed by atoms with E-state index in [1.807, 2.05) is 71.4 Å². The van der Waals surface area contributed by atoms with E-state index < -0.39 is 5.97 Å². The Morgan fingerprint density at radius 1 is 1.04 bits per heavy atom. The van der Waals surface area contributed by atoms with Crippen LogP contribution in [0.2, 0.25) is 0 Å². The zero-order chi connectivity index (χ0) is 18.2. The Hall–Kier alpha value is -2.79. The molecule has 3 rings (SSSR count). The molecule has 0 N–H and O–H groups in total. The molecule has 4 nitrogen and oxygen atoms in total. The number of aliphatic carboxylic acids is 1. The zero-order valence-corrected chi connectivity index (χ0v) is 15.0. The molecule has 26 heavy (non-hydrogen) atoms. The molecule has 5 heteroatoms. The van der Waals surface area contributed by atoms with E-state index in [-0.39, 0.29) is 12.5 Å². The molecule has 0 aliphatic carbocycles. The first kappa shape index (κ1) is 18.0. The first-order valence-electron chi connectivity index (χ1n) is 8.36. The average molecular weight is 367 g/mol. The van der Waals surface area contributed by atoms with Crippen LogP contribution in [0, 0.1) is 0 Å². The maximum atomic E-state index is 10.9. The molecule has 0 amide bonds. The lowest BCUT2D eigenvalue weighted by Crippen LogP contribution is -2.23. The summed E-state index contributed by atoms with van der Waals surface area (Å²) in [5.41, 5.74) is 2.05. The highest BCUT2D eigenvalue weighted by atomic mass is 32.1. The molecule has 1 heterocycles. The standard InChI is InChI=1S/C21H20O4S/c22-21(23)10-9-20(17-5-2-1-3-6-17)25-19-8-4-7-18(13-19)24-14-16-11-12-26-15-16/h1-8,11-13,15,20H,9-10,14H2,(H,22,23)/p-1. The van der Waals surface area contributed by atoms with Crippen LogP contribution < -0.4 is 14.6 Å². The molecule has 0 radical (unpaired) electrons. The predicted molar refractivity (Wildman–Crippen MR) is 99.1 cm³/mol. The largest absolute Gasteiger partial charge is 0.550 e. The highest BCUT2D eigenvalue weighted by Gasteiger charge is 2.14. The van der Waals surface area contributed by atoms with Gasteiger partial charge in [0, 0.05) is 12.0 Å². The molecule has 0 aliphatic heterocycles. The molecule has 1 aromatic heterocycles. The average Bonchev–Trinajstić information content (AvgIpc) is 3.18. The Balaban J connectivity index is 1.69. The first-order chi connectivity index (χ1) is 12.7. The van der Waals surface area contributed by atoms with Gasteiger partial charge < -0.3 is 19.4 Å². The minimum absolute atomic E-state index is 0.0616.